The first-order valence-electron chi connectivity index (χ1n) is 6.04. The van der Waals surface area contributed by atoms with Crippen molar-refractivity contribution in [3.05, 3.63) is 29.6 Å². The van der Waals surface area contributed by atoms with Crippen LogP contribution in [0.4, 0.5) is 10.1 Å². The van der Waals surface area contributed by atoms with Gasteiger partial charge in [-0.25, -0.2) is 4.39 Å². The molecule has 1 rings (SSSR count). The van der Waals surface area contributed by atoms with Gasteiger partial charge < -0.3 is 15.4 Å². The summed E-state index contributed by atoms with van der Waals surface area (Å²) in [5.41, 5.74) is 7.48. The molecule has 2 N–H and O–H groups in total. The summed E-state index contributed by atoms with van der Waals surface area (Å²) in [6.07, 6.45) is 0. The number of hydrogen-bond donors (Lipinski definition) is 1. The van der Waals surface area contributed by atoms with Gasteiger partial charge >= 0.3 is 0 Å². The van der Waals surface area contributed by atoms with Gasteiger partial charge in [-0.3, -0.25) is 0 Å². The summed E-state index contributed by atoms with van der Waals surface area (Å²) in [5, 5.41) is 0. The standard InChI is InChI=1S/C13H21FN2O/c1-3-16(7-8-17-4-2)13-6-5-12(14)9-11(13)10-15/h5-6,9H,3-4,7-8,10,15H2,1-2H3. The van der Waals surface area contributed by atoms with Gasteiger partial charge in [-0.15, -0.1) is 0 Å². The molecule has 1 aromatic rings. The first kappa shape index (κ1) is 13.9. The molecule has 0 aliphatic rings. The summed E-state index contributed by atoms with van der Waals surface area (Å²) in [6, 6.07) is 4.75. The number of nitrogens with zero attached hydrogens (tertiary/aromatic N) is 1. The average Bonchev–Trinajstić information content (AvgIpc) is 2.35. The van der Waals surface area contributed by atoms with Gasteiger partial charge in [-0.1, -0.05) is 0 Å². The van der Waals surface area contributed by atoms with Crippen LogP contribution in [0.15, 0.2) is 18.2 Å². The Bertz CT molecular complexity index is 344. The van der Waals surface area contributed by atoms with E-state index < -0.39 is 0 Å². The quantitative estimate of drug-likeness (QED) is 0.742. The summed E-state index contributed by atoms with van der Waals surface area (Å²) in [5.74, 6) is -0.241. The maximum absolute atomic E-state index is 13.1. The van der Waals surface area contributed by atoms with Crippen molar-refractivity contribution in [1.82, 2.24) is 0 Å². The van der Waals surface area contributed by atoms with Gasteiger partial charge in [-0.2, -0.15) is 0 Å². The molecule has 1 aromatic carbocycles. The number of rotatable bonds is 7. The molecule has 0 saturated heterocycles. The Morgan fingerprint density at radius 2 is 2.12 bits per heavy atom. The van der Waals surface area contributed by atoms with Crippen molar-refractivity contribution in [2.75, 3.05) is 31.2 Å². The van der Waals surface area contributed by atoms with Crippen LogP contribution in [-0.4, -0.2) is 26.3 Å². The zero-order chi connectivity index (χ0) is 12.7. The van der Waals surface area contributed by atoms with E-state index in [4.69, 9.17) is 10.5 Å². The molecule has 4 heteroatoms. The minimum atomic E-state index is -0.241. The summed E-state index contributed by atoms with van der Waals surface area (Å²) in [6.45, 7) is 7.42. The molecular weight excluding hydrogens is 219 g/mol. The van der Waals surface area contributed by atoms with Crippen LogP contribution in [0.2, 0.25) is 0 Å². The second kappa shape index (κ2) is 7.25. The predicted octanol–water partition coefficient (Wildman–Crippen LogP) is 2.15. The van der Waals surface area contributed by atoms with Crippen LogP contribution >= 0.6 is 0 Å². The van der Waals surface area contributed by atoms with Crippen LogP contribution in [0, 0.1) is 5.82 Å². The zero-order valence-corrected chi connectivity index (χ0v) is 10.6. The van der Waals surface area contributed by atoms with Crippen molar-refractivity contribution in [1.29, 1.82) is 0 Å². The first-order chi connectivity index (χ1) is 8.22. The lowest BCUT2D eigenvalue weighted by molar-refractivity contribution is 0.154. The Hall–Kier alpha value is -1.13. The molecule has 96 valence electrons. The SMILES string of the molecule is CCOCCN(CC)c1ccc(F)cc1CN. The Labute approximate surface area is 102 Å². The maximum atomic E-state index is 13.1. The van der Waals surface area contributed by atoms with E-state index in [0.29, 0.717) is 19.8 Å². The third-order valence-corrected chi connectivity index (χ3v) is 2.69. The lowest BCUT2D eigenvalue weighted by Crippen LogP contribution is -2.28. The molecule has 0 spiro atoms. The monoisotopic (exact) mass is 240 g/mol. The van der Waals surface area contributed by atoms with Gasteiger partial charge in [0.15, 0.2) is 0 Å². The van der Waals surface area contributed by atoms with Crippen molar-refractivity contribution in [3.8, 4) is 0 Å². The van der Waals surface area contributed by atoms with Crippen LogP contribution in [0.5, 0.6) is 0 Å². The summed E-state index contributed by atoms with van der Waals surface area (Å²) in [4.78, 5) is 2.15. The number of halogens is 1. The third-order valence-electron chi connectivity index (χ3n) is 2.69. The normalized spacial score (nSPS) is 10.6. The fourth-order valence-corrected chi connectivity index (χ4v) is 1.79. The van der Waals surface area contributed by atoms with Gasteiger partial charge in [-0.05, 0) is 37.6 Å². The van der Waals surface area contributed by atoms with E-state index in [9.17, 15) is 4.39 Å². The number of hydrogen-bond acceptors (Lipinski definition) is 3. The fourth-order valence-electron chi connectivity index (χ4n) is 1.79. The van der Waals surface area contributed by atoms with E-state index in [0.717, 1.165) is 24.3 Å². The molecule has 0 bridgehead atoms. The van der Waals surface area contributed by atoms with Gasteiger partial charge in [0, 0.05) is 31.9 Å². The van der Waals surface area contributed by atoms with Crippen LogP contribution in [0.25, 0.3) is 0 Å². The van der Waals surface area contributed by atoms with Crippen molar-refractivity contribution < 1.29 is 9.13 Å². The molecule has 0 aromatic heterocycles. The highest BCUT2D eigenvalue weighted by Crippen LogP contribution is 2.21. The highest BCUT2D eigenvalue weighted by Gasteiger charge is 2.09. The molecule has 0 radical (unpaired) electrons. The first-order valence-corrected chi connectivity index (χ1v) is 6.04. The number of ether oxygens (including phenoxy) is 1. The lowest BCUT2D eigenvalue weighted by atomic mass is 10.1. The molecule has 0 unspecified atom stereocenters. The topological polar surface area (TPSA) is 38.5 Å². The second-order valence-electron chi connectivity index (χ2n) is 3.75. The molecule has 0 aliphatic heterocycles. The fraction of sp³-hybridized carbons (Fsp3) is 0.538. The number of anilines is 1. The largest absolute Gasteiger partial charge is 0.380 e. The minimum absolute atomic E-state index is 0.241. The molecule has 3 nitrogen and oxygen atoms in total. The molecule has 0 fully saturated rings. The van der Waals surface area contributed by atoms with E-state index in [2.05, 4.69) is 11.8 Å². The molecule has 0 heterocycles. The van der Waals surface area contributed by atoms with Crippen LogP contribution in [0.3, 0.4) is 0 Å². The minimum Gasteiger partial charge on any atom is -0.380 e. The Morgan fingerprint density at radius 3 is 2.71 bits per heavy atom. The summed E-state index contributed by atoms with van der Waals surface area (Å²) in [7, 11) is 0. The van der Waals surface area contributed by atoms with Gasteiger partial charge in [0.05, 0.1) is 6.61 Å². The van der Waals surface area contributed by atoms with Gasteiger partial charge in [0.1, 0.15) is 5.82 Å². The van der Waals surface area contributed by atoms with Crippen LogP contribution < -0.4 is 10.6 Å². The van der Waals surface area contributed by atoms with E-state index in [1.807, 2.05) is 6.92 Å². The highest BCUT2D eigenvalue weighted by atomic mass is 19.1. The second-order valence-corrected chi connectivity index (χ2v) is 3.75. The van der Waals surface area contributed by atoms with Crippen molar-refractivity contribution in [2.24, 2.45) is 5.73 Å². The third kappa shape index (κ3) is 3.98. The summed E-state index contributed by atoms with van der Waals surface area (Å²) < 4.78 is 18.4. The van der Waals surface area contributed by atoms with Crippen molar-refractivity contribution in [2.45, 2.75) is 20.4 Å². The number of benzene rings is 1. The number of nitrogens with two attached hydrogens (primary N) is 1. The zero-order valence-electron chi connectivity index (χ0n) is 10.6. The molecule has 0 saturated carbocycles. The van der Waals surface area contributed by atoms with Gasteiger partial charge in [0.2, 0.25) is 0 Å². The molecular formula is C13H21FN2O. The molecule has 0 aliphatic carbocycles. The van der Waals surface area contributed by atoms with E-state index in [1.165, 1.54) is 12.1 Å². The van der Waals surface area contributed by atoms with E-state index in [1.54, 1.807) is 6.07 Å². The molecule has 17 heavy (non-hydrogen) atoms. The Morgan fingerprint density at radius 1 is 1.35 bits per heavy atom. The molecule has 0 atom stereocenters. The van der Waals surface area contributed by atoms with Gasteiger partial charge in [0.25, 0.3) is 0 Å². The highest BCUT2D eigenvalue weighted by molar-refractivity contribution is 5.53. The molecule has 0 amide bonds. The predicted molar refractivity (Wildman–Crippen MR) is 68.7 cm³/mol. The van der Waals surface area contributed by atoms with Crippen LogP contribution in [0.1, 0.15) is 19.4 Å². The van der Waals surface area contributed by atoms with E-state index in [-0.39, 0.29) is 5.82 Å². The average molecular weight is 240 g/mol. The van der Waals surface area contributed by atoms with Crippen molar-refractivity contribution >= 4 is 5.69 Å². The summed E-state index contributed by atoms with van der Waals surface area (Å²) >= 11 is 0. The van der Waals surface area contributed by atoms with E-state index >= 15 is 0 Å². The number of likely N-dealkylation sites (N-methyl/N-ethyl adjacent to an activating group) is 1. The maximum Gasteiger partial charge on any atom is 0.123 e. The lowest BCUT2D eigenvalue weighted by Gasteiger charge is -2.25. The van der Waals surface area contributed by atoms with Crippen molar-refractivity contribution in [3.63, 3.8) is 0 Å². The Kier molecular flexibility index (Phi) is 5.94. The Balaban J connectivity index is 2.79. The van der Waals surface area contributed by atoms with Crippen LogP contribution in [-0.2, 0) is 11.3 Å². The smallest absolute Gasteiger partial charge is 0.123 e.